The molecule has 0 aliphatic rings. The second kappa shape index (κ2) is 7.33. The van der Waals surface area contributed by atoms with E-state index in [1.54, 1.807) is 12.1 Å². The number of rotatable bonds is 6. The van der Waals surface area contributed by atoms with E-state index in [4.69, 9.17) is 9.88 Å². The number of nitrogens with one attached hydrogen (secondary N) is 1. The number of halogens is 1. The van der Waals surface area contributed by atoms with Gasteiger partial charge in [-0.15, -0.1) is 0 Å². The number of anilines is 1. The Morgan fingerprint density at radius 3 is 2.35 bits per heavy atom. The summed E-state index contributed by atoms with van der Waals surface area (Å²) in [6, 6.07) is 12.2. The maximum Gasteiger partial charge on any atom is 0.238 e. The summed E-state index contributed by atoms with van der Waals surface area (Å²) in [6.07, 6.45) is 0.118. The van der Waals surface area contributed by atoms with Gasteiger partial charge in [0.15, 0.2) is 0 Å². The normalized spacial score (nSPS) is 11.5. The Balaban J connectivity index is 2.02. The zero-order valence-corrected chi connectivity index (χ0v) is 15.3. The number of hydrogen-bond donors (Lipinski definition) is 2. The molecule has 0 spiro atoms. The Morgan fingerprint density at radius 1 is 1.17 bits per heavy atom. The highest BCUT2D eigenvalue weighted by atomic mass is 79.9. The highest BCUT2D eigenvalue weighted by Crippen LogP contribution is 2.27. The van der Waals surface area contributed by atoms with E-state index in [1.807, 2.05) is 32.0 Å². The Bertz CT molecular complexity index is 774. The van der Waals surface area contributed by atoms with Crippen LogP contribution >= 0.6 is 15.9 Å². The van der Waals surface area contributed by atoms with E-state index in [2.05, 4.69) is 21.2 Å². The van der Waals surface area contributed by atoms with Crippen molar-refractivity contribution in [3.63, 3.8) is 0 Å². The van der Waals surface area contributed by atoms with E-state index in [9.17, 15) is 8.42 Å². The quantitative estimate of drug-likeness (QED) is 0.779. The van der Waals surface area contributed by atoms with Crippen molar-refractivity contribution >= 4 is 31.6 Å². The molecule has 0 atom stereocenters. The van der Waals surface area contributed by atoms with Gasteiger partial charge >= 0.3 is 0 Å². The molecule has 0 unspecified atom stereocenters. The molecule has 0 aliphatic carbocycles. The highest BCUT2D eigenvalue weighted by molar-refractivity contribution is 9.10. The van der Waals surface area contributed by atoms with Gasteiger partial charge in [0.2, 0.25) is 10.0 Å². The van der Waals surface area contributed by atoms with Crippen LogP contribution in [0.5, 0.6) is 5.75 Å². The van der Waals surface area contributed by atoms with Gasteiger partial charge in [-0.25, -0.2) is 13.6 Å². The molecule has 0 aromatic heterocycles. The molecule has 0 bridgehead atoms. The number of hydrogen-bond acceptors (Lipinski definition) is 4. The Kier molecular flexibility index (Phi) is 5.67. The third kappa shape index (κ3) is 5.23. The Labute approximate surface area is 145 Å². The summed E-state index contributed by atoms with van der Waals surface area (Å²) in [4.78, 5) is 0.0981. The van der Waals surface area contributed by atoms with Crippen LogP contribution in [0.2, 0.25) is 0 Å². The van der Waals surface area contributed by atoms with Crippen LogP contribution < -0.4 is 15.2 Å². The van der Waals surface area contributed by atoms with Crippen molar-refractivity contribution in [3.05, 3.63) is 52.5 Å². The van der Waals surface area contributed by atoms with Crippen LogP contribution in [0, 0.1) is 0 Å². The predicted octanol–water partition coefficient (Wildman–Crippen LogP) is 3.50. The van der Waals surface area contributed by atoms with Crippen molar-refractivity contribution in [1.29, 1.82) is 0 Å². The van der Waals surface area contributed by atoms with E-state index in [1.165, 1.54) is 12.1 Å². The molecule has 2 rings (SSSR count). The zero-order chi connectivity index (χ0) is 17.0. The average molecular weight is 399 g/mol. The highest BCUT2D eigenvalue weighted by Gasteiger charge is 2.07. The van der Waals surface area contributed by atoms with E-state index >= 15 is 0 Å². The van der Waals surface area contributed by atoms with E-state index in [0.29, 0.717) is 6.54 Å². The second-order valence-electron chi connectivity index (χ2n) is 5.35. The predicted molar refractivity (Wildman–Crippen MR) is 95.0 cm³/mol. The van der Waals surface area contributed by atoms with Gasteiger partial charge in [-0.1, -0.05) is 6.07 Å². The Hall–Kier alpha value is -1.57. The van der Waals surface area contributed by atoms with Gasteiger partial charge < -0.3 is 10.1 Å². The van der Waals surface area contributed by atoms with Crippen LogP contribution in [0.1, 0.15) is 19.4 Å². The van der Waals surface area contributed by atoms with Gasteiger partial charge in [-0.3, -0.25) is 0 Å². The first-order valence-corrected chi connectivity index (χ1v) is 9.41. The fourth-order valence-electron chi connectivity index (χ4n) is 1.97. The lowest BCUT2D eigenvalue weighted by Crippen LogP contribution is -2.12. The third-order valence-electron chi connectivity index (χ3n) is 3.04. The van der Waals surface area contributed by atoms with Gasteiger partial charge in [0.1, 0.15) is 5.75 Å². The van der Waals surface area contributed by atoms with E-state index in [-0.39, 0.29) is 11.0 Å². The lowest BCUT2D eigenvalue weighted by atomic mass is 10.2. The maximum atomic E-state index is 11.2. The largest absolute Gasteiger partial charge is 0.490 e. The number of ether oxygens (including phenoxy) is 1. The number of primary sulfonamides is 1. The second-order valence-corrected chi connectivity index (χ2v) is 7.77. The average Bonchev–Trinajstić information content (AvgIpc) is 2.47. The smallest absolute Gasteiger partial charge is 0.238 e. The Morgan fingerprint density at radius 2 is 1.83 bits per heavy atom. The fourth-order valence-corrected chi connectivity index (χ4v) is 3.01. The SMILES string of the molecule is CC(C)Oc1ccc(CNc2ccc(S(N)(=O)=O)cc2)cc1Br. The molecule has 0 fully saturated rings. The standard InChI is InChI=1S/C16H19BrN2O3S/c1-11(2)22-16-8-3-12(9-15(16)17)10-19-13-4-6-14(7-5-13)23(18,20)21/h3-9,11,19H,10H2,1-2H3,(H2,18,20,21). The van der Waals surface area contributed by atoms with Crippen molar-refractivity contribution in [2.24, 2.45) is 5.14 Å². The molecule has 0 radical (unpaired) electrons. The van der Waals surface area contributed by atoms with Crippen molar-refractivity contribution in [1.82, 2.24) is 0 Å². The van der Waals surface area contributed by atoms with E-state index in [0.717, 1.165) is 21.5 Å². The summed E-state index contributed by atoms with van der Waals surface area (Å²) in [5.74, 6) is 0.807. The maximum absolute atomic E-state index is 11.2. The minimum Gasteiger partial charge on any atom is -0.490 e. The number of sulfonamides is 1. The first kappa shape index (κ1) is 17.8. The molecule has 124 valence electrons. The summed E-state index contributed by atoms with van der Waals surface area (Å²) in [5.41, 5.74) is 1.89. The lowest BCUT2D eigenvalue weighted by Gasteiger charge is -2.13. The van der Waals surface area contributed by atoms with Crippen molar-refractivity contribution in [2.45, 2.75) is 31.4 Å². The molecule has 0 heterocycles. The van der Waals surface area contributed by atoms with Crippen molar-refractivity contribution in [2.75, 3.05) is 5.32 Å². The summed E-state index contributed by atoms with van der Waals surface area (Å²) in [5, 5.41) is 8.30. The van der Waals surface area contributed by atoms with Crippen LogP contribution in [-0.4, -0.2) is 14.5 Å². The molecular weight excluding hydrogens is 380 g/mol. The van der Waals surface area contributed by atoms with Crippen LogP contribution in [0.15, 0.2) is 51.8 Å². The number of benzene rings is 2. The number of nitrogens with two attached hydrogens (primary N) is 1. The minimum absolute atomic E-state index is 0.0981. The van der Waals surface area contributed by atoms with Crippen LogP contribution in [-0.2, 0) is 16.6 Å². The van der Waals surface area contributed by atoms with Crippen LogP contribution in [0.4, 0.5) is 5.69 Å². The molecule has 0 saturated heterocycles. The molecule has 2 aromatic carbocycles. The molecule has 0 aliphatic heterocycles. The van der Waals surface area contributed by atoms with Gasteiger partial charge in [-0.2, -0.15) is 0 Å². The summed E-state index contributed by atoms with van der Waals surface area (Å²) < 4.78 is 29.0. The summed E-state index contributed by atoms with van der Waals surface area (Å²) in [7, 11) is -3.65. The first-order chi connectivity index (χ1) is 10.8. The summed E-state index contributed by atoms with van der Waals surface area (Å²) >= 11 is 3.50. The molecule has 0 amide bonds. The van der Waals surface area contributed by atoms with Gasteiger partial charge in [0, 0.05) is 12.2 Å². The van der Waals surface area contributed by atoms with E-state index < -0.39 is 10.0 Å². The van der Waals surface area contributed by atoms with Gasteiger partial charge in [0.25, 0.3) is 0 Å². The third-order valence-corrected chi connectivity index (χ3v) is 4.59. The molecule has 5 nitrogen and oxygen atoms in total. The van der Waals surface area contributed by atoms with Gasteiger partial charge in [-0.05, 0) is 71.7 Å². The molecule has 0 saturated carbocycles. The molecule has 3 N–H and O–H groups in total. The van der Waals surface area contributed by atoms with Crippen LogP contribution in [0.25, 0.3) is 0 Å². The monoisotopic (exact) mass is 398 g/mol. The molecule has 23 heavy (non-hydrogen) atoms. The van der Waals surface area contributed by atoms with Gasteiger partial charge in [0.05, 0.1) is 15.5 Å². The zero-order valence-electron chi connectivity index (χ0n) is 12.9. The minimum atomic E-state index is -3.65. The van der Waals surface area contributed by atoms with Crippen molar-refractivity contribution in [3.8, 4) is 5.75 Å². The molecular formula is C16H19BrN2O3S. The summed E-state index contributed by atoms with van der Waals surface area (Å²) in [6.45, 7) is 4.56. The lowest BCUT2D eigenvalue weighted by molar-refractivity contribution is 0.241. The molecule has 7 heteroatoms. The first-order valence-electron chi connectivity index (χ1n) is 7.07. The topological polar surface area (TPSA) is 81.4 Å². The molecule has 2 aromatic rings. The van der Waals surface area contributed by atoms with Crippen molar-refractivity contribution < 1.29 is 13.2 Å². The fraction of sp³-hybridized carbons (Fsp3) is 0.250. The van der Waals surface area contributed by atoms with Crippen LogP contribution in [0.3, 0.4) is 0 Å².